The van der Waals surface area contributed by atoms with E-state index in [0.717, 1.165) is 12.1 Å². The summed E-state index contributed by atoms with van der Waals surface area (Å²) in [5.41, 5.74) is 2.46. The van der Waals surface area contributed by atoms with Gasteiger partial charge in [0, 0.05) is 5.71 Å². The molecule has 0 aliphatic rings. The summed E-state index contributed by atoms with van der Waals surface area (Å²) in [6, 6.07) is 10.5. The number of rotatable bonds is 4. The van der Waals surface area contributed by atoms with Crippen LogP contribution in [0.25, 0.3) is 0 Å². The van der Waals surface area contributed by atoms with Gasteiger partial charge >= 0.3 is 0 Å². The molecule has 0 unspecified atom stereocenters. The Labute approximate surface area is 147 Å². The minimum atomic E-state index is 0.502. The molecule has 0 saturated heterocycles. The molecule has 0 aromatic heterocycles. The predicted molar refractivity (Wildman–Crippen MR) is 112 cm³/mol. The van der Waals surface area contributed by atoms with Gasteiger partial charge in [0.25, 0.3) is 0 Å². The van der Waals surface area contributed by atoms with Crippen LogP contribution in [-0.4, -0.2) is 19.1 Å². The Morgan fingerprint density at radius 2 is 1.30 bits per heavy atom. The number of hydrogen-bond acceptors (Lipinski definition) is 2. The maximum absolute atomic E-state index is 3.93. The lowest BCUT2D eigenvalue weighted by molar-refractivity contribution is 0.886. The maximum Gasteiger partial charge on any atom is 0.128 e. The van der Waals surface area contributed by atoms with E-state index in [0.29, 0.717) is 6.67 Å². The summed E-state index contributed by atoms with van der Waals surface area (Å²) in [4.78, 5) is 7.47. The van der Waals surface area contributed by atoms with Crippen molar-refractivity contribution in [2.45, 2.75) is 81.6 Å². The van der Waals surface area contributed by atoms with Crippen molar-refractivity contribution in [1.29, 1.82) is 0 Å². The smallest absolute Gasteiger partial charge is 0.128 e. The van der Waals surface area contributed by atoms with E-state index in [2.05, 4.69) is 61.7 Å². The second-order valence-corrected chi connectivity index (χ2v) is 4.31. The molecule has 0 aliphatic heterocycles. The van der Waals surface area contributed by atoms with Crippen LogP contribution in [0.3, 0.4) is 0 Å². The second kappa shape index (κ2) is 32.5. The van der Waals surface area contributed by atoms with Crippen LogP contribution in [0, 0.1) is 0 Å². The van der Waals surface area contributed by atoms with Gasteiger partial charge < -0.3 is 0 Å². The largest absolute Gasteiger partial charge is 0.278 e. The third-order valence-electron chi connectivity index (χ3n) is 2.24. The molecule has 0 aliphatic carbocycles. The van der Waals surface area contributed by atoms with Crippen molar-refractivity contribution in [3.05, 3.63) is 35.9 Å². The topological polar surface area (TPSA) is 24.7 Å². The molecule has 136 valence electrons. The molecular weight excluding hydrogens is 280 g/mol. The van der Waals surface area contributed by atoms with Gasteiger partial charge in [-0.25, -0.2) is 0 Å². The van der Waals surface area contributed by atoms with Crippen LogP contribution in [0.15, 0.2) is 40.3 Å². The Balaban J connectivity index is -0.000000110. The molecule has 0 radical (unpaired) electrons. The van der Waals surface area contributed by atoms with Crippen LogP contribution in [-0.2, 0) is 6.42 Å². The molecule has 1 aromatic rings. The highest BCUT2D eigenvalue weighted by molar-refractivity contribution is 5.79. The third kappa shape index (κ3) is 38.5. The first kappa shape index (κ1) is 29.6. The van der Waals surface area contributed by atoms with Crippen molar-refractivity contribution >= 4 is 12.4 Å². The first-order valence-electron chi connectivity index (χ1n) is 9.06. The molecule has 0 heterocycles. The van der Waals surface area contributed by atoms with E-state index in [1.807, 2.05) is 47.6 Å². The van der Waals surface area contributed by atoms with E-state index >= 15 is 0 Å². The van der Waals surface area contributed by atoms with E-state index in [9.17, 15) is 0 Å². The average molecular weight is 323 g/mol. The van der Waals surface area contributed by atoms with Gasteiger partial charge in [-0.05, 0) is 32.5 Å². The van der Waals surface area contributed by atoms with Crippen molar-refractivity contribution in [2.24, 2.45) is 9.98 Å². The van der Waals surface area contributed by atoms with E-state index < -0.39 is 0 Å². The third-order valence-corrected chi connectivity index (χ3v) is 2.24. The SMILES string of the molecule is C=NCN=C(C)C.CC.CC.CCCC.CCc1ccccc1. The van der Waals surface area contributed by atoms with E-state index in [-0.39, 0.29) is 0 Å². The normalized spacial score (nSPS) is 7.35. The standard InChI is InChI=1S/C8H10.C5H10N2.C4H10.2C2H6/c1-2-8-6-4-3-5-7-8;1-5(2)7-4-6-3;1-3-4-2;2*1-2/h3-7H,2H2,1H3;3-4H2,1-2H3;3-4H2,1-2H3;2*1-2H3. The Morgan fingerprint density at radius 1 is 0.870 bits per heavy atom. The number of aliphatic imine (C=N–C) groups is 2. The lowest BCUT2D eigenvalue weighted by atomic mass is 10.2. The molecule has 0 bridgehead atoms. The van der Waals surface area contributed by atoms with E-state index in [1.54, 1.807) is 0 Å². The molecule has 2 nitrogen and oxygen atoms in total. The summed E-state index contributed by atoms with van der Waals surface area (Å²) in [5, 5.41) is 0. The lowest BCUT2D eigenvalue weighted by Gasteiger charge is -1.89. The summed E-state index contributed by atoms with van der Waals surface area (Å²) in [5.74, 6) is 0. The molecule has 0 saturated carbocycles. The minimum Gasteiger partial charge on any atom is -0.278 e. The quantitative estimate of drug-likeness (QED) is 0.522. The molecule has 0 fully saturated rings. The molecular formula is C21H42N2. The summed E-state index contributed by atoms with van der Waals surface area (Å²) < 4.78 is 0. The molecule has 1 rings (SSSR count). The Kier molecular flexibility index (Phi) is 41.8. The van der Waals surface area contributed by atoms with Gasteiger partial charge in [0.15, 0.2) is 0 Å². The lowest BCUT2D eigenvalue weighted by Crippen LogP contribution is -1.81. The van der Waals surface area contributed by atoms with Crippen molar-refractivity contribution in [3.8, 4) is 0 Å². The summed E-state index contributed by atoms with van der Waals surface area (Å²) in [7, 11) is 0. The monoisotopic (exact) mass is 322 g/mol. The fourth-order valence-electron chi connectivity index (χ4n) is 0.905. The Morgan fingerprint density at radius 3 is 1.48 bits per heavy atom. The van der Waals surface area contributed by atoms with Gasteiger partial charge in [-0.15, -0.1) is 0 Å². The van der Waals surface area contributed by atoms with Gasteiger partial charge in [0.2, 0.25) is 0 Å². The van der Waals surface area contributed by atoms with Crippen LogP contribution in [0.4, 0.5) is 0 Å². The number of unbranched alkanes of at least 4 members (excludes halogenated alkanes) is 1. The van der Waals surface area contributed by atoms with Crippen molar-refractivity contribution in [3.63, 3.8) is 0 Å². The van der Waals surface area contributed by atoms with Gasteiger partial charge in [-0.3, -0.25) is 9.98 Å². The van der Waals surface area contributed by atoms with Gasteiger partial charge in [0.1, 0.15) is 6.67 Å². The number of aryl methyl sites for hydroxylation is 1. The van der Waals surface area contributed by atoms with Crippen LogP contribution in [0.5, 0.6) is 0 Å². The highest BCUT2D eigenvalue weighted by Gasteiger charge is 1.80. The highest BCUT2D eigenvalue weighted by Crippen LogP contribution is 1.96. The fraction of sp³-hybridized carbons (Fsp3) is 0.619. The van der Waals surface area contributed by atoms with Crippen LogP contribution in [0.1, 0.15) is 80.7 Å². The Bertz CT molecular complexity index is 310. The average Bonchev–Trinajstić information content (AvgIpc) is 2.64. The molecule has 0 atom stereocenters. The maximum atomic E-state index is 3.93. The molecule has 2 heteroatoms. The van der Waals surface area contributed by atoms with Crippen LogP contribution < -0.4 is 0 Å². The first-order valence-corrected chi connectivity index (χ1v) is 9.06. The summed E-state index contributed by atoms with van der Waals surface area (Å²) in [6.45, 7) is 22.2. The van der Waals surface area contributed by atoms with Crippen LogP contribution >= 0.6 is 0 Å². The number of nitrogens with zero attached hydrogens (tertiary/aromatic N) is 2. The van der Waals surface area contributed by atoms with Crippen LogP contribution in [0.2, 0.25) is 0 Å². The number of benzene rings is 1. The predicted octanol–water partition coefficient (Wildman–Crippen LogP) is 7.23. The van der Waals surface area contributed by atoms with Gasteiger partial charge in [-0.2, -0.15) is 0 Å². The zero-order chi connectivity index (χ0) is 18.9. The summed E-state index contributed by atoms with van der Waals surface area (Å²) >= 11 is 0. The Hall–Kier alpha value is -1.44. The zero-order valence-corrected chi connectivity index (χ0v) is 17.3. The zero-order valence-electron chi connectivity index (χ0n) is 17.3. The minimum absolute atomic E-state index is 0.502. The van der Waals surface area contributed by atoms with E-state index in [4.69, 9.17) is 0 Å². The molecule has 0 spiro atoms. The van der Waals surface area contributed by atoms with Crippen molar-refractivity contribution < 1.29 is 0 Å². The molecule has 0 N–H and O–H groups in total. The first-order chi connectivity index (χ1) is 11.1. The molecule has 0 amide bonds. The van der Waals surface area contributed by atoms with Crippen molar-refractivity contribution in [1.82, 2.24) is 0 Å². The summed E-state index contributed by atoms with van der Waals surface area (Å²) in [6.07, 6.45) is 3.78. The highest BCUT2D eigenvalue weighted by atomic mass is 14.9. The van der Waals surface area contributed by atoms with E-state index in [1.165, 1.54) is 18.4 Å². The molecule has 1 aromatic carbocycles. The van der Waals surface area contributed by atoms with Gasteiger partial charge in [0.05, 0.1) is 0 Å². The van der Waals surface area contributed by atoms with Gasteiger partial charge in [-0.1, -0.05) is 91.6 Å². The second-order valence-electron chi connectivity index (χ2n) is 4.31. The fourth-order valence-corrected chi connectivity index (χ4v) is 0.905. The number of hydrogen-bond donors (Lipinski definition) is 0. The van der Waals surface area contributed by atoms with Crippen molar-refractivity contribution in [2.75, 3.05) is 6.67 Å². The molecule has 23 heavy (non-hydrogen) atoms.